The maximum absolute atomic E-state index is 13.3. The monoisotopic (exact) mass is 450 g/mol. The number of alkyl halides is 3. The van der Waals surface area contributed by atoms with E-state index in [1.807, 2.05) is 24.3 Å². The Morgan fingerprint density at radius 1 is 1.12 bits per heavy atom. The van der Waals surface area contributed by atoms with Gasteiger partial charge in [-0.2, -0.15) is 18.4 Å². The van der Waals surface area contributed by atoms with Crippen molar-refractivity contribution in [3.63, 3.8) is 0 Å². The van der Waals surface area contributed by atoms with Gasteiger partial charge in [-0.05, 0) is 42.0 Å². The minimum atomic E-state index is -4.84. The van der Waals surface area contributed by atoms with Gasteiger partial charge in [0.05, 0.1) is 21.5 Å². The van der Waals surface area contributed by atoms with E-state index < -0.39 is 28.1 Å². The topological polar surface area (TPSA) is 105 Å². The van der Waals surface area contributed by atoms with E-state index in [9.17, 15) is 28.5 Å². The molecule has 0 aliphatic heterocycles. The fourth-order valence-electron chi connectivity index (χ4n) is 3.10. The van der Waals surface area contributed by atoms with Crippen molar-refractivity contribution in [2.45, 2.75) is 6.18 Å². The summed E-state index contributed by atoms with van der Waals surface area (Å²) < 4.78 is 45.3. The fraction of sp³-hybridized carbons (Fsp3) is 0.0435. The molecule has 4 rings (SSSR count). The smallest absolute Gasteiger partial charge is 0.420 e. The molecule has 0 radical (unpaired) electrons. The number of hydrogen-bond acceptors (Lipinski definition) is 5. The average molecular weight is 450 g/mol. The molecule has 164 valence electrons. The largest absolute Gasteiger partial charge is 0.457 e. The van der Waals surface area contributed by atoms with Crippen LogP contribution in [0.5, 0.6) is 11.5 Å². The summed E-state index contributed by atoms with van der Waals surface area (Å²) in [6.07, 6.45) is -3.26. The lowest BCUT2D eigenvalue weighted by atomic mass is 10.1. The molecule has 0 unspecified atom stereocenters. The number of nitro benzene ring substituents is 1. The van der Waals surface area contributed by atoms with Crippen LogP contribution in [0, 0.1) is 21.4 Å². The van der Waals surface area contributed by atoms with Crippen LogP contribution in [0.25, 0.3) is 22.7 Å². The number of allylic oxidation sites excluding steroid dienone is 1. The molecule has 10 heteroatoms. The van der Waals surface area contributed by atoms with Crippen LogP contribution >= 0.6 is 0 Å². The molecular weight excluding hydrogens is 437 g/mol. The minimum absolute atomic E-state index is 0.0914. The molecule has 0 saturated heterocycles. The molecule has 0 amide bonds. The quantitative estimate of drug-likeness (QED) is 0.217. The van der Waals surface area contributed by atoms with Crippen LogP contribution in [0.15, 0.2) is 66.7 Å². The van der Waals surface area contributed by atoms with Crippen molar-refractivity contribution < 1.29 is 22.8 Å². The van der Waals surface area contributed by atoms with Gasteiger partial charge in [-0.3, -0.25) is 10.1 Å². The number of rotatable bonds is 5. The van der Waals surface area contributed by atoms with E-state index in [0.29, 0.717) is 23.0 Å². The number of hydrogen-bond donors (Lipinski definition) is 1. The van der Waals surface area contributed by atoms with Gasteiger partial charge in [0.15, 0.2) is 0 Å². The highest BCUT2D eigenvalue weighted by atomic mass is 19.4. The molecule has 7 nitrogen and oxygen atoms in total. The van der Waals surface area contributed by atoms with Crippen LogP contribution in [0.4, 0.5) is 18.9 Å². The van der Waals surface area contributed by atoms with Gasteiger partial charge in [-0.25, -0.2) is 4.98 Å². The Labute approximate surface area is 184 Å². The third-order valence-corrected chi connectivity index (χ3v) is 4.66. The van der Waals surface area contributed by atoms with E-state index >= 15 is 0 Å². The number of aromatic nitrogens is 2. The van der Waals surface area contributed by atoms with Crippen molar-refractivity contribution in [2.24, 2.45) is 0 Å². The van der Waals surface area contributed by atoms with Crippen molar-refractivity contribution in [3.8, 4) is 17.6 Å². The molecule has 33 heavy (non-hydrogen) atoms. The van der Waals surface area contributed by atoms with Gasteiger partial charge in [0.2, 0.25) is 0 Å². The maximum Gasteiger partial charge on any atom is 0.420 e. The summed E-state index contributed by atoms with van der Waals surface area (Å²) in [5.41, 5.74) is 0.415. The molecule has 0 atom stereocenters. The van der Waals surface area contributed by atoms with E-state index in [1.165, 1.54) is 12.1 Å². The number of nitrogens with one attached hydrogen (secondary N) is 1. The summed E-state index contributed by atoms with van der Waals surface area (Å²) in [6.45, 7) is 0. The Morgan fingerprint density at radius 2 is 1.85 bits per heavy atom. The summed E-state index contributed by atoms with van der Waals surface area (Å²) in [6, 6.07) is 17.7. The van der Waals surface area contributed by atoms with Crippen LogP contribution in [-0.4, -0.2) is 14.9 Å². The van der Waals surface area contributed by atoms with Gasteiger partial charge in [-0.1, -0.05) is 24.3 Å². The maximum atomic E-state index is 13.3. The Kier molecular flexibility index (Phi) is 5.54. The minimum Gasteiger partial charge on any atom is -0.457 e. The lowest BCUT2D eigenvalue weighted by molar-refractivity contribution is -0.385. The SMILES string of the molecule is N#C/C(=C/c1ccc(Oc2ccc([N+](=O)[O-])cc2C(F)(F)F)cc1)c1nc2ccccc2[nH]1. The first kappa shape index (κ1) is 21.6. The molecule has 0 bridgehead atoms. The number of fused-ring (bicyclic) bond motifs is 1. The zero-order chi connectivity index (χ0) is 23.6. The summed E-state index contributed by atoms with van der Waals surface area (Å²) in [4.78, 5) is 17.4. The number of ether oxygens (including phenoxy) is 1. The molecule has 1 heterocycles. The number of nitrogens with zero attached hydrogens (tertiary/aromatic N) is 3. The number of H-pyrrole nitrogens is 1. The Balaban J connectivity index is 1.60. The number of para-hydroxylation sites is 2. The van der Waals surface area contributed by atoms with E-state index in [4.69, 9.17) is 4.74 Å². The number of imidazole rings is 1. The Morgan fingerprint density at radius 3 is 2.48 bits per heavy atom. The standard InChI is InChI=1S/C23H13F3N4O3/c24-23(25,26)18-12-16(30(31)32)7-10-21(18)33-17-8-5-14(6-9-17)11-15(13-27)22-28-19-3-1-2-4-20(19)29-22/h1-12H,(H,28,29)/b15-11-. The third-order valence-electron chi connectivity index (χ3n) is 4.66. The van der Waals surface area contributed by atoms with Crippen LogP contribution in [0.3, 0.4) is 0 Å². The Bertz CT molecular complexity index is 1380. The van der Waals surface area contributed by atoms with E-state index in [0.717, 1.165) is 17.6 Å². The fourth-order valence-corrected chi connectivity index (χ4v) is 3.10. The molecular formula is C23H13F3N4O3. The van der Waals surface area contributed by atoms with E-state index in [2.05, 4.69) is 16.0 Å². The number of benzene rings is 3. The lowest BCUT2D eigenvalue weighted by Crippen LogP contribution is -2.08. The zero-order valence-corrected chi connectivity index (χ0v) is 16.6. The summed E-state index contributed by atoms with van der Waals surface area (Å²) in [7, 11) is 0. The molecule has 4 aromatic rings. The van der Waals surface area contributed by atoms with Crippen molar-refractivity contribution in [2.75, 3.05) is 0 Å². The molecule has 0 saturated carbocycles. The van der Waals surface area contributed by atoms with Crippen LogP contribution in [0.2, 0.25) is 0 Å². The molecule has 1 aromatic heterocycles. The first-order valence-corrected chi connectivity index (χ1v) is 9.45. The number of non-ortho nitro benzene ring substituents is 1. The number of nitro groups is 1. The van der Waals surface area contributed by atoms with Gasteiger partial charge < -0.3 is 9.72 Å². The molecule has 0 spiro atoms. The van der Waals surface area contributed by atoms with Crippen molar-refractivity contribution in [1.82, 2.24) is 9.97 Å². The van der Waals surface area contributed by atoms with Crippen molar-refractivity contribution in [1.29, 1.82) is 5.26 Å². The van der Waals surface area contributed by atoms with Gasteiger partial charge in [0.1, 0.15) is 29.0 Å². The average Bonchev–Trinajstić information content (AvgIpc) is 3.22. The Hall–Kier alpha value is -4.65. The zero-order valence-electron chi connectivity index (χ0n) is 16.6. The third kappa shape index (κ3) is 4.67. The predicted molar refractivity (Wildman–Crippen MR) is 114 cm³/mol. The van der Waals surface area contributed by atoms with Gasteiger partial charge in [0, 0.05) is 12.1 Å². The highest BCUT2D eigenvalue weighted by molar-refractivity contribution is 5.90. The number of aromatic amines is 1. The van der Waals surface area contributed by atoms with Gasteiger partial charge >= 0.3 is 6.18 Å². The molecule has 0 aliphatic rings. The van der Waals surface area contributed by atoms with Crippen molar-refractivity contribution >= 4 is 28.4 Å². The second-order valence-corrected chi connectivity index (χ2v) is 6.88. The molecule has 1 N–H and O–H groups in total. The first-order chi connectivity index (χ1) is 15.7. The lowest BCUT2D eigenvalue weighted by Gasteiger charge is -2.13. The highest BCUT2D eigenvalue weighted by Crippen LogP contribution is 2.40. The summed E-state index contributed by atoms with van der Waals surface area (Å²) in [5.74, 6) is -0.0788. The van der Waals surface area contributed by atoms with Gasteiger partial charge in [0.25, 0.3) is 5.69 Å². The van der Waals surface area contributed by atoms with Crippen LogP contribution < -0.4 is 4.74 Å². The van der Waals surface area contributed by atoms with Gasteiger partial charge in [-0.15, -0.1) is 0 Å². The van der Waals surface area contributed by atoms with E-state index in [1.54, 1.807) is 18.2 Å². The summed E-state index contributed by atoms with van der Waals surface area (Å²) >= 11 is 0. The molecule has 0 fully saturated rings. The highest BCUT2D eigenvalue weighted by Gasteiger charge is 2.36. The van der Waals surface area contributed by atoms with Crippen molar-refractivity contribution in [3.05, 3.63) is 93.8 Å². The normalized spacial score (nSPS) is 11.9. The van der Waals surface area contributed by atoms with E-state index in [-0.39, 0.29) is 11.3 Å². The molecule has 0 aliphatic carbocycles. The number of halogens is 3. The second kappa shape index (κ2) is 8.47. The second-order valence-electron chi connectivity index (χ2n) is 6.88. The number of nitriles is 1. The van der Waals surface area contributed by atoms with Crippen LogP contribution in [0.1, 0.15) is 17.0 Å². The summed E-state index contributed by atoms with van der Waals surface area (Å²) in [5, 5.41) is 20.3. The first-order valence-electron chi connectivity index (χ1n) is 9.45. The van der Waals surface area contributed by atoms with Crippen LogP contribution in [-0.2, 0) is 6.18 Å². The molecule has 3 aromatic carbocycles. The predicted octanol–water partition coefficient (Wildman–Crippen LogP) is 6.35.